The van der Waals surface area contributed by atoms with Gasteiger partial charge in [-0.3, -0.25) is 4.90 Å². The largest absolute Gasteiger partial charge is 0.381 e. The number of hydrogen-bond acceptors (Lipinski definition) is 2. The summed E-state index contributed by atoms with van der Waals surface area (Å²) in [6.45, 7) is 9.20. The van der Waals surface area contributed by atoms with Gasteiger partial charge in [0.15, 0.2) is 0 Å². The van der Waals surface area contributed by atoms with Crippen LogP contribution in [0.25, 0.3) is 0 Å². The van der Waals surface area contributed by atoms with E-state index in [1.807, 2.05) is 7.11 Å². The third-order valence-corrected chi connectivity index (χ3v) is 2.72. The summed E-state index contributed by atoms with van der Waals surface area (Å²) in [5, 5.41) is 0. The summed E-state index contributed by atoms with van der Waals surface area (Å²) in [5.41, 5.74) is 0.332. The van der Waals surface area contributed by atoms with Crippen LogP contribution in [0.1, 0.15) is 33.6 Å². The molecule has 0 aromatic heterocycles. The second-order valence-electron chi connectivity index (χ2n) is 4.59. The summed E-state index contributed by atoms with van der Waals surface area (Å²) in [5.74, 6) is 0. The smallest absolute Gasteiger partial charge is 0.0595 e. The minimum absolute atomic E-state index is 0.332. The number of methoxy groups -OCH3 is 1. The van der Waals surface area contributed by atoms with Crippen molar-refractivity contribution in [3.8, 4) is 0 Å². The Morgan fingerprint density at radius 1 is 1.17 bits per heavy atom. The van der Waals surface area contributed by atoms with Gasteiger partial charge in [0.25, 0.3) is 0 Å². The van der Waals surface area contributed by atoms with Gasteiger partial charge in [-0.05, 0) is 33.6 Å². The van der Waals surface area contributed by atoms with Crippen molar-refractivity contribution in [2.45, 2.75) is 45.3 Å². The van der Waals surface area contributed by atoms with E-state index in [1.165, 1.54) is 25.9 Å². The number of ether oxygens (including phenoxy) is 1. The van der Waals surface area contributed by atoms with Gasteiger partial charge in [-0.1, -0.05) is 0 Å². The summed E-state index contributed by atoms with van der Waals surface area (Å²) < 4.78 is 5.33. The second-order valence-corrected chi connectivity index (χ2v) is 4.59. The fourth-order valence-corrected chi connectivity index (χ4v) is 1.76. The average Bonchev–Trinajstić information content (AvgIpc) is 2.03. The van der Waals surface area contributed by atoms with Crippen molar-refractivity contribution in [2.24, 2.45) is 0 Å². The first-order valence-electron chi connectivity index (χ1n) is 4.82. The zero-order chi connectivity index (χ0) is 9.19. The van der Waals surface area contributed by atoms with Gasteiger partial charge in [0.2, 0.25) is 0 Å². The van der Waals surface area contributed by atoms with E-state index in [0.29, 0.717) is 11.6 Å². The maximum absolute atomic E-state index is 5.33. The van der Waals surface area contributed by atoms with Crippen molar-refractivity contribution in [3.63, 3.8) is 0 Å². The van der Waals surface area contributed by atoms with Gasteiger partial charge in [0.1, 0.15) is 0 Å². The third-order valence-electron chi connectivity index (χ3n) is 2.72. The Labute approximate surface area is 75.9 Å². The molecular weight excluding hydrogens is 150 g/mol. The molecule has 0 bridgehead atoms. The molecule has 2 heteroatoms. The lowest BCUT2D eigenvalue weighted by molar-refractivity contribution is 0.0116. The Morgan fingerprint density at radius 3 is 2.00 bits per heavy atom. The van der Waals surface area contributed by atoms with Crippen LogP contribution in [0.4, 0.5) is 0 Å². The summed E-state index contributed by atoms with van der Waals surface area (Å²) in [4.78, 5) is 2.53. The van der Waals surface area contributed by atoms with Gasteiger partial charge >= 0.3 is 0 Å². The van der Waals surface area contributed by atoms with Gasteiger partial charge < -0.3 is 4.74 Å². The number of rotatable bonds is 1. The zero-order valence-electron chi connectivity index (χ0n) is 8.76. The van der Waals surface area contributed by atoms with Crippen LogP contribution >= 0.6 is 0 Å². The van der Waals surface area contributed by atoms with Crippen LogP contribution in [0.2, 0.25) is 0 Å². The molecule has 1 heterocycles. The highest BCUT2D eigenvalue weighted by Crippen LogP contribution is 2.20. The van der Waals surface area contributed by atoms with Crippen molar-refractivity contribution in [1.29, 1.82) is 0 Å². The molecule has 12 heavy (non-hydrogen) atoms. The molecule has 0 aliphatic carbocycles. The van der Waals surface area contributed by atoms with Crippen LogP contribution in [-0.2, 0) is 4.74 Å². The molecule has 0 N–H and O–H groups in total. The van der Waals surface area contributed by atoms with E-state index in [2.05, 4.69) is 25.7 Å². The Bertz CT molecular complexity index is 131. The summed E-state index contributed by atoms with van der Waals surface area (Å²) in [7, 11) is 1.82. The van der Waals surface area contributed by atoms with E-state index >= 15 is 0 Å². The zero-order valence-corrected chi connectivity index (χ0v) is 8.76. The minimum Gasteiger partial charge on any atom is -0.381 e. The van der Waals surface area contributed by atoms with Gasteiger partial charge in [-0.2, -0.15) is 0 Å². The first-order valence-corrected chi connectivity index (χ1v) is 4.82. The van der Waals surface area contributed by atoms with Crippen LogP contribution in [0.15, 0.2) is 0 Å². The fraction of sp³-hybridized carbons (Fsp3) is 1.00. The monoisotopic (exact) mass is 171 g/mol. The van der Waals surface area contributed by atoms with Crippen LogP contribution in [0.3, 0.4) is 0 Å². The molecule has 0 saturated carbocycles. The molecule has 1 saturated heterocycles. The minimum atomic E-state index is 0.332. The molecule has 1 fully saturated rings. The molecule has 0 amide bonds. The highest BCUT2D eigenvalue weighted by molar-refractivity contribution is 4.81. The lowest BCUT2D eigenvalue weighted by Gasteiger charge is -2.40. The summed E-state index contributed by atoms with van der Waals surface area (Å²) in [6.07, 6.45) is 2.88. The predicted octanol–water partition coefficient (Wildman–Crippen LogP) is 1.90. The Hall–Kier alpha value is -0.0800. The van der Waals surface area contributed by atoms with Crippen molar-refractivity contribution in [1.82, 2.24) is 4.90 Å². The van der Waals surface area contributed by atoms with Crippen LogP contribution < -0.4 is 0 Å². The van der Waals surface area contributed by atoms with Gasteiger partial charge in [-0.25, -0.2) is 0 Å². The SMILES string of the molecule is COC1CCN(C(C)(C)C)CC1. The molecule has 0 atom stereocenters. The molecule has 0 radical (unpaired) electrons. The van der Waals surface area contributed by atoms with E-state index < -0.39 is 0 Å². The Kier molecular flexibility index (Phi) is 3.13. The first kappa shape index (κ1) is 10.0. The van der Waals surface area contributed by atoms with Crippen LogP contribution in [0, 0.1) is 0 Å². The van der Waals surface area contributed by atoms with E-state index in [0.717, 1.165) is 0 Å². The van der Waals surface area contributed by atoms with E-state index in [-0.39, 0.29) is 0 Å². The van der Waals surface area contributed by atoms with Crippen molar-refractivity contribution >= 4 is 0 Å². The maximum atomic E-state index is 5.33. The highest BCUT2D eigenvalue weighted by Gasteiger charge is 2.26. The molecule has 0 aromatic carbocycles. The van der Waals surface area contributed by atoms with Gasteiger partial charge in [0, 0.05) is 25.7 Å². The second kappa shape index (κ2) is 3.75. The molecule has 1 rings (SSSR count). The molecule has 0 spiro atoms. The fourth-order valence-electron chi connectivity index (χ4n) is 1.76. The quantitative estimate of drug-likeness (QED) is 0.597. The standard InChI is InChI=1S/C10H21NO/c1-10(2,3)11-7-5-9(12-4)6-8-11/h9H,5-8H2,1-4H3. The molecule has 0 aromatic rings. The number of likely N-dealkylation sites (tertiary alicyclic amines) is 1. The first-order chi connectivity index (χ1) is 5.54. The number of piperidine rings is 1. The summed E-state index contributed by atoms with van der Waals surface area (Å²) in [6, 6.07) is 0. The molecule has 72 valence electrons. The molecule has 1 aliphatic rings. The molecular formula is C10H21NO. The normalized spacial score (nSPS) is 23.0. The third kappa shape index (κ3) is 2.46. The number of nitrogens with zero attached hydrogens (tertiary/aromatic N) is 1. The van der Waals surface area contributed by atoms with E-state index in [9.17, 15) is 0 Å². The lowest BCUT2D eigenvalue weighted by Crippen LogP contribution is -2.47. The Morgan fingerprint density at radius 2 is 1.67 bits per heavy atom. The molecule has 2 nitrogen and oxygen atoms in total. The van der Waals surface area contributed by atoms with Crippen LogP contribution in [-0.4, -0.2) is 36.7 Å². The molecule has 0 unspecified atom stereocenters. The summed E-state index contributed by atoms with van der Waals surface area (Å²) >= 11 is 0. The van der Waals surface area contributed by atoms with Gasteiger partial charge in [-0.15, -0.1) is 0 Å². The predicted molar refractivity (Wildman–Crippen MR) is 51.4 cm³/mol. The van der Waals surface area contributed by atoms with E-state index in [4.69, 9.17) is 4.74 Å². The van der Waals surface area contributed by atoms with E-state index in [1.54, 1.807) is 0 Å². The Balaban J connectivity index is 2.36. The van der Waals surface area contributed by atoms with Gasteiger partial charge in [0.05, 0.1) is 6.10 Å². The maximum Gasteiger partial charge on any atom is 0.0595 e. The highest BCUT2D eigenvalue weighted by atomic mass is 16.5. The van der Waals surface area contributed by atoms with Crippen molar-refractivity contribution < 1.29 is 4.74 Å². The van der Waals surface area contributed by atoms with Crippen molar-refractivity contribution in [3.05, 3.63) is 0 Å². The van der Waals surface area contributed by atoms with Crippen LogP contribution in [0.5, 0.6) is 0 Å². The average molecular weight is 171 g/mol. The topological polar surface area (TPSA) is 12.5 Å². The lowest BCUT2D eigenvalue weighted by atomic mass is 9.99. The molecule has 1 aliphatic heterocycles. The van der Waals surface area contributed by atoms with Crippen molar-refractivity contribution in [2.75, 3.05) is 20.2 Å². The number of hydrogen-bond donors (Lipinski definition) is 0.